The van der Waals surface area contributed by atoms with Crippen LogP contribution in [0.4, 0.5) is 0 Å². The number of hydrogen-bond acceptors (Lipinski definition) is 3. The first-order valence-corrected chi connectivity index (χ1v) is 6.25. The van der Waals surface area contributed by atoms with Crippen LogP contribution in [-0.4, -0.2) is 31.0 Å². The summed E-state index contributed by atoms with van der Waals surface area (Å²) in [6.07, 6.45) is 2.22. The molecule has 0 bridgehead atoms. The number of ether oxygens (including phenoxy) is 2. The Bertz CT molecular complexity index is 328. The molecule has 1 heterocycles. The molecule has 94 valence electrons. The highest BCUT2D eigenvalue weighted by Crippen LogP contribution is 2.21. The smallest absolute Gasteiger partial charge is 0.119 e. The SMILES string of the molecule is CC(CO)c1ccc(OC2CCOCC2)cc1. The standard InChI is InChI=1S/C14H20O3/c1-11(10-15)12-2-4-13(5-3-12)17-14-6-8-16-9-7-14/h2-5,11,14-15H,6-10H2,1H3. The number of aliphatic hydroxyl groups is 1. The van der Waals surface area contributed by atoms with Gasteiger partial charge in [0.1, 0.15) is 11.9 Å². The lowest BCUT2D eigenvalue weighted by Crippen LogP contribution is -2.25. The Morgan fingerprint density at radius 1 is 1.29 bits per heavy atom. The molecule has 0 radical (unpaired) electrons. The van der Waals surface area contributed by atoms with Gasteiger partial charge in [0, 0.05) is 25.4 Å². The summed E-state index contributed by atoms with van der Waals surface area (Å²) in [6, 6.07) is 8.01. The van der Waals surface area contributed by atoms with Crippen LogP contribution in [-0.2, 0) is 4.74 Å². The van der Waals surface area contributed by atoms with Gasteiger partial charge in [0.15, 0.2) is 0 Å². The van der Waals surface area contributed by atoms with Gasteiger partial charge in [0.05, 0.1) is 13.2 Å². The van der Waals surface area contributed by atoms with Gasteiger partial charge >= 0.3 is 0 Å². The maximum Gasteiger partial charge on any atom is 0.119 e. The Balaban J connectivity index is 1.93. The first-order chi connectivity index (χ1) is 8.29. The summed E-state index contributed by atoms with van der Waals surface area (Å²) < 4.78 is 11.2. The minimum absolute atomic E-state index is 0.181. The third-order valence-electron chi connectivity index (χ3n) is 3.19. The van der Waals surface area contributed by atoms with Crippen molar-refractivity contribution in [3.8, 4) is 5.75 Å². The Morgan fingerprint density at radius 2 is 1.94 bits per heavy atom. The monoisotopic (exact) mass is 236 g/mol. The van der Waals surface area contributed by atoms with Crippen molar-refractivity contribution in [2.45, 2.75) is 31.8 Å². The van der Waals surface area contributed by atoms with Gasteiger partial charge in [-0.1, -0.05) is 19.1 Å². The van der Waals surface area contributed by atoms with Crippen molar-refractivity contribution in [2.75, 3.05) is 19.8 Å². The minimum atomic E-state index is 0.181. The number of hydrogen-bond donors (Lipinski definition) is 1. The van der Waals surface area contributed by atoms with E-state index in [0.29, 0.717) is 0 Å². The average molecular weight is 236 g/mol. The second kappa shape index (κ2) is 6.03. The van der Waals surface area contributed by atoms with Gasteiger partial charge in [-0.2, -0.15) is 0 Å². The predicted molar refractivity (Wildman–Crippen MR) is 66.4 cm³/mol. The highest BCUT2D eigenvalue weighted by Gasteiger charge is 2.15. The van der Waals surface area contributed by atoms with E-state index in [9.17, 15) is 0 Å². The zero-order valence-electron chi connectivity index (χ0n) is 10.3. The molecule has 2 rings (SSSR count). The topological polar surface area (TPSA) is 38.7 Å². The zero-order chi connectivity index (χ0) is 12.1. The lowest BCUT2D eigenvalue weighted by molar-refractivity contribution is 0.0255. The Morgan fingerprint density at radius 3 is 2.53 bits per heavy atom. The van der Waals surface area contributed by atoms with Crippen molar-refractivity contribution in [2.24, 2.45) is 0 Å². The summed E-state index contributed by atoms with van der Waals surface area (Å²) in [5.41, 5.74) is 1.15. The zero-order valence-corrected chi connectivity index (χ0v) is 10.3. The van der Waals surface area contributed by atoms with E-state index in [1.54, 1.807) is 0 Å². The highest BCUT2D eigenvalue weighted by atomic mass is 16.5. The first-order valence-electron chi connectivity index (χ1n) is 6.25. The molecule has 1 atom stereocenters. The minimum Gasteiger partial charge on any atom is -0.490 e. The van der Waals surface area contributed by atoms with Crippen LogP contribution in [0.15, 0.2) is 24.3 Å². The van der Waals surface area contributed by atoms with Gasteiger partial charge in [0.2, 0.25) is 0 Å². The molecule has 1 aliphatic rings. The molecule has 1 unspecified atom stereocenters. The van der Waals surface area contributed by atoms with E-state index in [1.807, 2.05) is 31.2 Å². The van der Waals surface area contributed by atoms with Crippen LogP contribution in [0.2, 0.25) is 0 Å². The fourth-order valence-corrected chi connectivity index (χ4v) is 1.97. The molecule has 0 aliphatic carbocycles. The molecule has 1 N–H and O–H groups in total. The largest absolute Gasteiger partial charge is 0.490 e. The molecule has 0 aromatic heterocycles. The number of aliphatic hydroxyl groups excluding tert-OH is 1. The lowest BCUT2D eigenvalue weighted by Gasteiger charge is -2.23. The van der Waals surface area contributed by atoms with Gasteiger partial charge in [0.25, 0.3) is 0 Å². The van der Waals surface area contributed by atoms with E-state index < -0.39 is 0 Å². The van der Waals surface area contributed by atoms with Gasteiger partial charge in [-0.15, -0.1) is 0 Å². The van der Waals surface area contributed by atoms with Crippen molar-refractivity contribution < 1.29 is 14.6 Å². The Kier molecular flexibility index (Phi) is 4.40. The molecular weight excluding hydrogens is 216 g/mol. The summed E-state index contributed by atoms with van der Waals surface area (Å²) >= 11 is 0. The van der Waals surface area contributed by atoms with E-state index in [2.05, 4.69) is 0 Å². The number of rotatable bonds is 4. The molecule has 1 saturated heterocycles. The van der Waals surface area contributed by atoms with Crippen molar-refractivity contribution in [1.82, 2.24) is 0 Å². The molecule has 17 heavy (non-hydrogen) atoms. The van der Waals surface area contributed by atoms with E-state index in [0.717, 1.165) is 37.4 Å². The fourth-order valence-electron chi connectivity index (χ4n) is 1.97. The lowest BCUT2D eigenvalue weighted by atomic mass is 10.0. The number of benzene rings is 1. The summed E-state index contributed by atoms with van der Waals surface area (Å²) in [6.45, 7) is 3.78. The van der Waals surface area contributed by atoms with E-state index >= 15 is 0 Å². The molecule has 1 fully saturated rings. The molecule has 1 aromatic carbocycles. The fraction of sp³-hybridized carbons (Fsp3) is 0.571. The summed E-state index contributed by atoms with van der Waals surface area (Å²) in [4.78, 5) is 0. The van der Waals surface area contributed by atoms with Crippen LogP contribution in [0.3, 0.4) is 0 Å². The second-order valence-electron chi connectivity index (χ2n) is 4.58. The summed E-state index contributed by atoms with van der Waals surface area (Å²) in [7, 11) is 0. The van der Waals surface area contributed by atoms with Crippen LogP contribution in [0, 0.1) is 0 Å². The maximum atomic E-state index is 9.07. The van der Waals surface area contributed by atoms with E-state index in [-0.39, 0.29) is 18.6 Å². The quantitative estimate of drug-likeness (QED) is 0.872. The molecular formula is C14H20O3. The van der Waals surface area contributed by atoms with Gasteiger partial charge < -0.3 is 14.6 Å². The molecule has 1 aromatic rings. The van der Waals surface area contributed by atoms with Crippen LogP contribution >= 0.6 is 0 Å². The molecule has 0 spiro atoms. The second-order valence-corrected chi connectivity index (χ2v) is 4.58. The average Bonchev–Trinajstić information content (AvgIpc) is 2.40. The molecule has 0 saturated carbocycles. The van der Waals surface area contributed by atoms with Crippen molar-refractivity contribution in [1.29, 1.82) is 0 Å². The molecule has 1 aliphatic heterocycles. The van der Waals surface area contributed by atoms with Crippen LogP contribution in [0.25, 0.3) is 0 Å². The Hall–Kier alpha value is -1.06. The highest BCUT2D eigenvalue weighted by molar-refractivity contribution is 5.29. The molecule has 3 nitrogen and oxygen atoms in total. The van der Waals surface area contributed by atoms with Crippen molar-refractivity contribution >= 4 is 0 Å². The Labute approximate surface area is 102 Å². The van der Waals surface area contributed by atoms with Crippen LogP contribution in [0.5, 0.6) is 5.75 Å². The normalized spacial score (nSPS) is 18.9. The predicted octanol–water partition coefficient (Wildman–Crippen LogP) is 2.34. The molecule has 0 amide bonds. The third kappa shape index (κ3) is 3.45. The van der Waals surface area contributed by atoms with Crippen molar-refractivity contribution in [3.05, 3.63) is 29.8 Å². The van der Waals surface area contributed by atoms with Gasteiger partial charge in [-0.05, 0) is 17.7 Å². The first kappa shape index (κ1) is 12.4. The summed E-state index contributed by atoms with van der Waals surface area (Å²) in [5, 5.41) is 9.07. The van der Waals surface area contributed by atoms with Crippen LogP contribution in [0.1, 0.15) is 31.2 Å². The summed E-state index contributed by atoms with van der Waals surface area (Å²) in [5.74, 6) is 1.10. The van der Waals surface area contributed by atoms with Gasteiger partial charge in [-0.3, -0.25) is 0 Å². The maximum absolute atomic E-state index is 9.07. The molecule has 3 heteroatoms. The van der Waals surface area contributed by atoms with Gasteiger partial charge in [-0.25, -0.2) is 0 Å². The van der Waals surface area contributed by atoms with Crippen molar-refractivity contribution in [3.63, 3.8) is 0 Å². The van der Waals surface area contributed by atoms with E-state index in [4.69, 9.17) is 14.6 Å². The third-order valence-corrected chi connectivity index (χ3v) is 3.19. The van der Waals surface area contributed by atoms with E-state index in [1.165, 1.54) is 0 Å². The van der Waals surface area contributed by atoms with Crippen LogP contribution < -0.4 is 4.74 Å².